The quantitative estimate of drug-likeness (QED) is 0.763. The van der Waals surface area contributed by atoms with Gasteiger partial charge < -0.3 is 10.3 Å². The minimum Gasteiger partial charge on any atom is -0.339 e. The normalized spacial score (nSPS) is 16.0. The van der Waals surface area contributed by atoms with Crippen LogP contribution in [0.5, 0.6) is 0 Å². The van der Waals surface area contributed by atoms with Crippen molar-refractivity contribution < 1.29 is 4.52 Å². The first-order valence-electron chi connectivity index (χ1n) is 9.21. The highest BCUT2D eigenvalue weighted by molar-refractivity contribution is 5.54. The summed E-state index contributed by atoms with van der Waals surface area (Å²) in [5.74, 6) is 1.78. The molecule has 0 aliphatic carbocycles. The number of hydrogen-bond donors (Lipinski definition) is 1. The van der Waals surface area contributed by atoms with Crippen molar-refractivity contribution in [1.29, 1.82) is 0 Å². The Labute approximate surface area is 153 Å². The van der Waals surface area contributed by atoms with Crippen molar-refractivity contribution in [2.75, 3.05) is 13.1 Å². The topological polar surface area (TPSA) is 68.2 Å². The first-order chi connectivity index (χ1) is 12.8. The van der Waals surface area contributed by atoms with Gasteiger partial charge in [0.25, 0.3) is 0 Å². The molecule has 0 saturated carbocycles. The number of aromatic nitrogens is 2. The van der Waals surface area contributed by atoms with Crippen LogP contribution in [0.25, 0.3) is 11.4 Å². The average molecular weight is 348 g/mol. The molecular formula is C21H24N4O. The van der Waals surface area contributed by atoms with E-state index in [2.05, 4.69) is 45.4 Å². The molecule has 134 valence electrons. The Kier molecular flexibility index (Phi) is 5.09. The van der Waals surface area contributed by atoms with Gasteiger partial charge in [0, 0.05) is 24.6 Å². The highest BCUT2D eigenvalue weighted by Crippen LogP contribution is 2.29. The minimum atomic E-state index is 0.353. The van der Waals surface area contributed by atoms with Crippen LogP contribution in [0.3, 0.4) is 0 Å². The molecule has 0 spiro atoms. The highest BCUT2D eigenvalue weighted by atomic mass is 16.5. The number of benzene rings is 2. The third-order valence-corrected chi connectivity index (χ3v) is 5.08. The van der Waals surface area contributed by atoms with E-state index in [1.54, 1.807) is 0 Å². The van der Waals surface area contributed by atoms with E-state index in [-0.39, 0.29) is 0 Å². The lowest BCUT2D eigenvalue weighted by Gasteiger charge is -2.30. The Morgan fingerprint density at radius 1 is 0.962 bits per heavy atom. The SMILES string of the molecule is NCc1ccc(-c2noc(C3CCN(Cc4ccccc4)CC3)n2)cc1. The molecule has 1 aliphatic heterocycles. The molecule has 3 aromatic rings. The van der Waals surface area contributed by atoms with E-state index in [0.29, 0.717) is 18.3 Å². The van der Waals surface area contributed by atoms with E-state index in [1.165, 1.54) is 5.56 Å². The lowest BCUT2D eigenvalue weighted by atomic mass is 9.96. The molecule has 26 heavy (non-hydrogen) atoms. The first-order valence-corrected chi connectivity index (χ1v) is 9.21. The second-order valence-corrected chi connectivity index (χ2v) is 6.89. The molecule has 1 saturated heterocycles. The number of hydrogen-bond acceptors (Lipinski definition) is 5. The minimum absolute atomic E-state index is 0.353. The van der Waals surface area contributed by atoms with Crippen LogP contribution in [-0.4, -0.2) is 28.1 Å². The molecule has 2 aromatic carbocycles. The maximum atomic E-state index is 5.65. The largest absolute Gasteiger partial charge is 0.339 e. The summed E-state index contributed by atoms with van der Waals surface area (Å²) in [7, 11) is 0. The van der Waals surface area contributed by atoms with Crippen molar-refractivity contribution >= 4 is 0 Å². The summed E-state index contributed by atoms with van der Waals surface area (Å²) in [5, 5.41) is 4.17. The van der Waals surface area contributed by atoms with Crippen molar-refractivity contribution in [2.45, 2.75) is 31.8 Å². The molecule has 0 radical (unpaired) electrons. The summed E-state index contributed by atoms with van der Waals surface area (Å²) in [6, 6.07) is 18.6. The fourth-order valence-corrected chi connectivity index (χ4v) is 3.49. The zero-order valence-electron chi connectivity index (χ0n) is 14.8. The summed E-state index contributed by atoms with van der Waals surface area (Å²) >= 11 is 0. The van der Waals surface area contributed by atoms with Gasteiger partial charge in [0.2, 0.25) is 11.7 Å². The van der Waals surface area contributed by atoms with Gasteiger partial charge in [0.1, 0.15) is 0 Å². The van der Waals surface area contributed by atoms with E-state index < -0.39 is 0 Å². The van der Waals surface area contributed by atoms with Crippen molar-refractivity contribution in [3.8, 4) is 11.4 Å². The van der Waals surface area contributed by atoms with Gasteiger partial charge in [-0.3, -0.25) is 4.90 Å². The van der Waals surface area contributed by atoms with Gasteiger partial charge >= 0.3 is 0 Å². The maximum absolute atomic E-state index is 5.65. The van der Waals surface area contributed by atoms with Crippen LogP contribution in [0.15, 0.2) is 59.1 Å². The fraction of sp³-hybridized carbons (Fsp3) is 0.333. The van der Waals surface area contributed by atoms with E-state index in [1.807, 2.05) is 24.3 Å². The van der Waals surface area contributed by atoms with Crippen molar-refractivity contribution in [3.63, 3.8) is 0 Å². The summed E-state index contributed by atoms with van der Waals surface area (Å²) in [4.78, 5) is 7.14. The molecular weight excluding hydrogens is 324 g/mol. The van der Waals surface area contributed by atoms with Crippen molar-refractivity contribution in [1.82, 2.24) is 15.0 Å². The molecule has 0 amide bonds. The number of nitrogens with zero attached hydrogens (tertiary/aromatic N) is 3. The smallest absolute Gasteiger partial charge is 0.230 e. The molecule has 1 aromatic heterocycles. The second-order valence-electron chi connectivity index (χ2n) is 6.89. The molecule has 5 heteroatoms. The number of likely N-dealkylation sites (tertiary alicyclic amines) is 1. The van der Waals surface area contributed by atoms with Crippen molar-refractivity contribution in [3.05, 3.63) is 71.6 Å². The zero-order valence-corrected chi connectivity index (χ0v) is 14.8. The van der Waals surface area contributed by atoms with E-state index >= 15 is 0 Å². The molecule has 4 rings (SSSR count). The summed E-state index contributed by atoms with van der Waals surface area (Å²) in [6.07, 6.45) is 2.11. The van der Waals surface area contributed by atoms with Gasteiger partial charge in [-0.2, -0.15) is 4.98 Å². The van der Waals surface area contributed by atoms with Crippen LogP contribution in [-0.2, 0) is 13.1 Å². The van der Waals surface area contributed by atoms with Crippen LogP contribution in [0.4, 0.5) is 0 Å². The van der Waals surface area contributed by atoms with Gasteiger partial charge in [0.15, 0.2) is 0 Å². The van der Waals surface area contributed by atoms with E-state index in [0.717, 1.165) is 49.5 Å². The molecule has 0 atom stereocenters. The number of piperidine rings is 1. The lowest BCUT2D eigenvalue weighted by molar-refractivity contribution is 0.187. The van der Waals surface area contributed by atoms with E-state index in [9.17, 15) is 0 Å². The van der Waals surface area contributed by atoms with Crippen LogP contribution >= 0.6 is 0 Å². The van der Waals surface area contributed by atoms with Crippen LogP contribution < -0.4 is 5.73 Å². The van der Waals surface area contributed by atoms with Crippen LogP contribution in [0.1, 0.15) is 35.8 Å². The summed E-state index contributed by atoms with van der Waals surface area (Å²) < 4.78 is 5.56. The average Bonchev–Trinajstić information content (AvgIpc) is 3.20. The van der Waals surface area contributed by atoms with E-state index in [4.69, 9.17) is 10.3 Å². The first kappa shape index (κ1) is 16.9. The van der Waals surface area contributed by atoms with Gasteiger partial charge in [-0.05, 0) is 37.1 Å². The molecule has 5 nitrogen and oxygen atoms in total. The number of nitrogens with two attached hydrogens (primary N) is 1. The lowest BCUT2D eigenvalue weighted by Crippen LogP contribution is -2.32. The molecule has 0 bridgehead atoms. The highest BCUT2D eigenvalue weighted by Gasteiger charge is 2.25. The Bertz CT molecular complexity index is 821. The van der Waals surface area contributed by atoms with Crippen LogP contribution in [0, 0.1) is 0 Å². The standard InChI is InChI=1S/C21H24N4O/c22-14-16-6-8-18(9-7-16)20-23-21(26-24-20)19-10-12-25(13-11-19)15-17-4-2-1-3-5-17/h1-9,19H,10-15,22H2. The Morgan fingerprint density at radius 3 is 2.38 bits per heavy atom. The fourth-order valence-electron chi connectivity index (χ4n) is 3.49. The predicted octanol–water partition coefficient (Wildman–Crippen LogP) is 3.57. The molecule has 0 unspecified atom stereocenters. The van der Waals surface area contributed by atoms with Crippen molar-refractivity contribution in [2.24, 2.45) is 5.73 Å². The molecule has 2 heterocycles. The Balaban J connectivity index is 1.36. The monoisotopic (exact) mass is 348 g/mol. The van der Waals surface area contributed by atoms with Gasteiger partial charge in [-0.25, -0.2) is 0 Å². The summed E-state index contributed by atoms with van der Waals surface area (Å²) in [6.45, 7) is 3.67. The Morgan fingerprint density at radius 2 is 1.69 bits per heavy atom. The zero-order chi connectivity index (χ0) is 17.8. The van der Waals surface area contributed by atoms with Gasteiger partial charge in [-0.1, -0.05) is 59.8 Å². The third-order valence-electron chi connectivity index (χ3n) is 5.08. The maximum Gasteiger partial charge on any atom is 0.230 e. The van der Waals surface area contributed by atoms with Crippen LogP contribution in [0.2, 0.25) is 0 Å². The number of rotatable bonds is 5. The molecule has 2 N–H and O–H groups in total. The predicted molar refractivity (Wildman–Crippen MR) is 101 cm³/mol. The van der Waals surface area contributed by atoms with Gasteiger partial charge in [-0.15, -0.1) is 0 Å². The Hall–Kier alpha value is -2.50. The van der Waals surface area contributed by atoms with Gasteiger partial charge in [0.05, 0.1) is 0 Å². The second kappa shape index (κ2) is 7.81. The third kappa shape index (κ3) is 3.84. The molecule has 1 fully saturated rings. The molecule has 1 aliphatic rings. The summed E-state index contributed by atoms with van der Waals surface area (Å²) in [5.41, 5.74) is 9.09.